The minimum absolute atomic E-state index is 0.161. The Morgan fingerprint density at radius 1 is 0.974 bits per heavy atom. The van der Waals surface area contributed by atoms with Gasteiger partial charge in [-0.3, -0.25) is 9.69 Å². The van der Waals surface area contributed by atoms with E-state index in [1.165, 1.54) is 12.5 Å². The normalized spacial score (nSPS) is 19.1. The van der Waals surface area contributed by atoms with E-state index in [0.717, 1.165) is 31.1 Å². The second-order valence-corrected chi connectivity index (χ2v) is 10.5. The Hall–Kier alpha value is -3.99. The number of anilines is 1. The summed E-state index contributed by atoms with van der Waals surface area (Å²) in [5.41, 5.74) is 1.66. The van der Waals surface area contributed by atoms with Crippen LogP contribution in [0.3, 0.4) is 0 Å². The summed E-state index contributed by atoms with van der Waals surface area (Å²) in [6.07, 6.45) is 5.53. The monoisotopic (exact) mass is 531 g/mol. The van der Waals surface area contributed by atoms with E-state index in [2.05, 4.69) is 30.3 Å². The Morgan fingerprint density at radius 3 is 2.54 bits per heavy atom. The zero-order chi connectivity index (χ0) is 26.3. The summed E-state index contributed by atoms with van der Waals surface area (Å²) in [5, 5.41) is 13.8. The minimum atomic E-state index is -0.455. The molecule has 4 aromatic rings. The molecule has 4 heterocycles. The van der Waals surface area contributed by atoms with Crippen molar-refractivity contribution >= 4 is 16.6 Å². The van der Waals surface area contributed by atoms with Gasteiger partial charge in [-0.05, 0) is 47.5 Å². The van der Waals surface area contributed by atoms with Crippen LogP contribution in [-0.2, 0) is 0 Å². The maximum absolute atomic E-state index is 14.5. The third-order valence-electron chi connectivity index (χ3n) is 8.22. The Kier molecular flexibility index (Phi) is 6.15. The number of tetrazole rings is 1. The van der Waals surface area contributed by atoms with E-state index in [9.17, 15) is 9.18 Å². The Labute approximate surface area is 224 Å². The predicted octanol–water partition coefficient (Wildman–Crippen LogP) is 3.80. The number of pyridine rings is 1. The molecule has 1 atom stereocenters. The summed E-state index contributed by atoms with van der Waals surface area (Å²) >= 11 is 0. The lowest BCUT2D eigenvalue weighted by molar-refractivity contribution is 0.174. The van der Waals surface area contributed by atoms with E-state index in [4.69, 9.17) is 9.47 Å². The van der Waals surface area contributed by atoms with Crippen LogP contribution >= 0.6 is 0 Å². The number of para-hydroxylation sites is 1. The molecule has 1 N–H and O–H groups in total. The van der Waals surface area contributed by atoms with Crippen molar-refractivity contribution in [2.75, 3.05) is 37.9 Å². The first-order valence-corrected chi connectivity index (χ1v) is 13.6. The largest absolute Gasteiger partial charge is 0.454 e. The van der Waals surface area contributed by atoms with Gasteiger partial charge in [0.1, 0.15) is 11.9 Å². The molecule has 2 fully saturated rings. The highest BCUT2D eigenvalue weighted by atomic mass is 19.1. The van der Waals surface area contributed by atoms with Gasteiger partial charge in [0, 0.05) is 43.2 Å². The molecule has 0 spiro atoms. The Bertz CT molecular complexity index is 1560. The lowest BCUT2D eigenvalue weighted by atomic mass is 9.95. The highest BCUT2D eigenvalue weighted by Crippen LogP contribution is 2.37. The van der Waals surface area contributed by atoms with Crippen LogP contribution in [0.4, 0.5) is 10.1 Å². The SMILES string of the molecule is O=c1[nH]c2cc3c(cc2cc1C(c1nnnn1C1CCCCC1)N1CCN(c2ccccc2F)CC1)OCO3. The first kappa shape index (κ1) is 24.1. The van der Waals surface area contributed by atoms with Crippen LogP contribution in [0.2, 0.25) is 0 Å². The molecular formula is C28H30FN7O3. The van der Waals surface area contributed by atoms with Gasteiger partial charge in [0.2, 0.25) is 6.79 Å². The number of rotatable bonds is 5. The number of aromatic amines is 1. The zero-order valence-corrected chi connectivity index (χ0v) is 21.6. The molecule has 0 amide bonds. The van der Waals surface area contributed by atoms with E-state index in [-0.39, 0.29) is 24.2 Å². The van der Waals surface area contributed by atoms with Gasteiger partial charge < -0.3 is 19.4 Å². The summed E-state index contributed by atoms with van der Waals surface area (Å²) < 4.78 is 27.6. The van der Waals surface area contributed by atoms with Gasteiger partial charge in [-0.1, -0.05) is 31.4 Å². The summed E-state index contributed by atoms with van der Waals surface area (Å²) in [6, 6.07) is 12.2. The molecule has 11 heteroatoms. The van der Waals surface area contributed by atoms with E-state index in [0.29, 0.717) is 60.3 Å². The van der Waals surface area contributed by atoms with Crippen LogP contribution < -0.4 is 19.9 Å². The number of piperazine rings is 1. The third-order valence-corrected chi connectivity index (χ3v) is 8.22. The van der Waals surface area contributed by atoms with Crippen LogP contribution in [0.5, 0.6) is 11.5 Å². The molecule has 39 heavy (non-hydrogen) atoms. The molecule has 1 aliphatic carbocycles. The van der Waals surface area contributed by atoms with Crippen molar-refractivity contribution in [1.82, 2.24) is 30.1 Å². The lowest BCUT2D eigenvalue weighted by Gasteiger charge is -2.40. The topological polar surface area (TPSA) is 101 Å². The fourth-order valence-corrected chi connectivity index (χ4v) is 6.21. The number of benzene rings is 2. The molecule has 2 aliphatic heterocycles. The standard InChI is InChI=1S/C28H30FN7O3/c29-21-8-4-5-9-23(21)34-10-12-35(13-11-34)26(27-31-32-33-36(27)19-6-2-1-3-7-19)20-14-18-15-24-25(39-17-38-24)16-22(18)30-28(20)37/h4-5,8-9,14-16,19,26H,1-3,6-7,10-13,17H2,(H,30,37). The van der Waals surface area contributed by atoms with Gasteiger partial charge in [0.15, 0.2) is 17.3 Å². The molecule has 2 aromatic carbocycles. The van der Waals surface area contributed by atoms with Crippen LogP contribution in [0.25, 0.3) is 10.9 Å². The van der Waals surface area contributed by atoms with Crippen molar-refractivity contribution in [2.45, 2.75) is 44.2 Å². The van der Waals surface area contributed by atoms with Crippen LogP contribution in [0, 0.1) is 5.82 Å². The average Bonchev–Trinajstić information content (AvgIpc) is 3.63. The number of hydrogen-bond acceptors (Lipinski definition) is 8. The lowest BCUT2D eigenvalue weighted by Crippen LogP contribution is -2.49. The zero-order valence-electron chi connectivity index (χ0n) is 21.6. The van der Waals surface area contributed by atoms with Crippen molar-refractivity contribution in [2.24, 2.45) is 0 Å². The van der Waals surface area contributed by atoms with Crippen molar-refractivity contribution in [3.05, 3.63) is 70.0 Å². The van der Waals surface area contributed by atoms with Crippen molar-refractivity contribution in [3.63, 3.8) is 0 Å². The summed E-state index contributed by atoms with van der Waals surface area (Å²) in [5.74, 6) is 1.72. The van der Waals surface area contributed by atoms with E-state index >= 15 is 0 Å². The Balaban J connectivity index is 1.28. The molecule has 1 saturated carbocycles. The minimum Gasteiger partial charge on any atom is -0.454 e. The fourth-order valence-electron chi connectivity index (χ4n) is 6.21. The second kappa shape index (κ2) is 9.96. The molecule has 2 aromatic heterocycles. The number of H-pyrrole nitrogens is 1. The number of nitrogens with zero attached hydrogens (tertiary/aromatic N) is 6. The molecule has 0 radical (unpaired) electrons. The Morgan fingerprint density at radius 2 is 1.74 bits per heavy atom. The highest BCUT2D eigenvalue weighted by molar-refractivity contribution is 5.83. The molecular weight excluding hydrogens is 501 g/mol. The molecule has 7 rings (SSSR count). The maximum atomic E-state index is 14.5. The molecule has 1 saturated heterocycles. The number of fused-ring (bicyclic) bond motifs is 2. The van der Waals surface area contributed by atoms with Crippen LogP contribution in [0.1, 0.15) is 55.6 Å². The van der Waals surface area contributed by atoms with Gasteiger partial charge in [-0.25, -0.2) is 9.07 Å². The van der Waals surface area contributed by atoms with Crippen molar-refractivity contribution < 1.29 is 13.9 Å². The third kappa shape index (κ3) is 4.40. The van der Waals surface area contributed by atoms with Crippen molar-refractivity contribution in [3.8, 4) is 11.5 Å². The highest BCUT2D eigenvalue weighted by Gasteiger charge is 2.35. The van der Waals surface area contributed by atoms with Crippen molar-refractivity contribution in [1.29, 1.82) is 0 Å². The molecule has 10 nitrogen and oxygen atoms in total. The number of ether oxygens (including phenoxy) is 2. The fraction of sp³-hybridized carbons (Fsp3) is 0.429. The van der Waals surface area contributed by atoms with Gasteiger partial charge in [0.05, 0.1) is 17.2 Å². The van der Waals surface area contributed by atoms with Crippen LogP contribution in [0.15, 0.2) is 47.3 Å². The summed E-state index contributed by atoms with van der Waals surface area (Å²) in [7, 11) is 0. The van der Waals surface area contributed by atoms with Gasteiger partial charge in [-0.2, -0.15) is 0 Å². The predicted molar refractivity (Wildman–Crippen MR) is 143 cm³/mol. The van der Waals surface area contributed by atoms with E-state index in [1.54, 1.807) is 12.1 Å². The number of halogens is 1. The number of hydrogen-bond donors (Lipinski definition) is 1. The average molecular weight is 532 g/mol. The maximum Gasteiger partial charge on any atom is 0.253 e. The molecule has 0 bridgehead atoms. The van der Waals surface area contributed by atoms with E-state index in [1.807, 2.05) is 28.9 Å². The summed E-state index contributed by atoms with van der Waals surface area (Å²) in [6.45, 7) is 2.64. The van der Waals surface area contributed by atoms with Crippen LogP contribution in [-0.4, -0.2) is 63.1 Å². The summed E-state index contributed by atoms with van der Waals surface area (Å²) in [4.78, 5) is 21.0. The van der Waals surface area contributed by atoms with E-state index < -0.39 is 6.04 Å². The molecule has 1 unspecified atom stereocenters. The number of nitrogens with one attached hydrogen (secondary N) is 1. The second-order valence-electron chi connectivity index (χ2n) is 10.5. The van der Waals surface area contributed by atoms with Gasteiger partial charge in [0.25, 0.3) is 5.56 Å². The molecule has 3 aliphatic rings. The van der Waals surface area contributed by atoms with Gasteiger partial charge >= 0.3 is 0 Å². The molecule has 202 valence electrons. The first-order valence-electron chi connectivity index (χ1n) is 13.6. The first-order chi connectivity index (χ1) is 19.2. The smallest absolute Gasteiger partial charge is 0.253 e. The quantitative estimate of drug-likeness (QED) is 0.415. The number of aromatic nitrogens is 5. The van der Waals surface area contributed by atoms with Gasteiger partial charge in [-0.15, -0.1) is 5.10 Å².